The van der Waals surface area contributed by atoms with Gasteiger partial charge in [0.05, 0.1) is 11.2 Å². The average Bonchev–Trinajstić information content (AvgIpc) is 2.96. The van der Waals surface area contributed by atoms with Gasteiger partial charge < -0.3 is 9.88 Å². The predicted octanol–water partition coefficient (Wildman–Crippen LogP) is 3.00. The molecule has 0 bridgehead atoms. The Hall–Kier alpha value is -1.13. The zero-order valence-electron chi connectivity index (χ0n) is 11.1. The molecule has 0 amide bonds. The molecule has 0 saturated carbocycles. The molecule has 0 unspecified atom stereocenters. The number of thiazole rings is 1. The van der Waals surface area contributed by atoms with E-state index in [0.717, 1.165) is 26.1 Å². The van der Waals surface area contributed by atoms with Crippen molar-refractivity contribution in [1.82, 2.24) is 14.9 Å². The maximum Gasteiger partial charge on any atom is 0.0797 e. The van der Waals surface area contributed by atoms with E-state index in [9.17, 15) is 0 Å². The summed E-state index contributed by atoms with van der Waals surface area (Å²) in [5, 5.41) is 3.45. The van der Waals surface area contributed by atoms with Gasteiger partial charge in [0.15, 0.2) is 0 Å². The van der Waals surface area contributed by atoms with Gasteiger partial charge in [-0.2, -0.15) is 0 Å². The second-order valence-corrected chi connectivity index (χ2v) is 5.42. The third-order valence-electron chi connectivity index (χ3n) is 3.08. The zero-order chi connectivity index (χ0) is 12.8. The highest BCUT2D eigenvalue weighted by molar-refractivity contribution is 7.09. The van der Waals surface area contributed by atoms with Crippen LogP contribution in [-0.2, 0) is 19.5 Å². The number of hydrogen-bond acceptors (Lipinski definition) is 3. The number of rotatable bonds is 7. The van der Waals surface area contributed by atoms with E-state index in [0.29, 0.717) is 0 Å². The molecule has 3 nitrogen and oxygen atoms in total. The molecule has 4 heteroatoms. The number of nitrogens with one attached hydrogen (secondary N) is 1. The fourth-order valence-corrected chi connectivity index (χ4v) is 2.78. The molecule has 18 heavy (non-hydrogen) atoms. The average molecular weight is 263 g/mol. The molecular formula is C14H21N3S. The Kier molecular flexibility index (Phi) is 4.96. The van der Waals surface area contributed by atoms with Crippen molar-refractivity contribution in [3.05, 3.63) is 40.1 Å². The van der Waals surface area contributed by atoms with Crippen molar-refractivity contribution in [2.45, 2.75) is 39.8 Å². The summed E-state index contributed by atoms with van der Waals surface area (Å²) in [6.07, 6.45) is 4.42. The first-order valence-electron chi connectivity index (χ1n) is 6.55. The summed E-state index contributed by atoms with van der Waals surface area (Å²) in [4.78, 5) is 5.70. The lowest BCUT2D eigenvalue weighted by atomic mass is 10.3. The third-order valence-corrected chi connectivity index (χ3v) is 4.08. The maximum atomic E-state index is 4.30. The van der Waals surface area contributed by atoms with Gasteiger partial charge in [-0.1, -0.05) is 6.92 Å². The van der Waals surface area contributed by atoms with Gasteiger partial charge in [-0.3, -0.25) is 0 Å². The van der Waals surface area contributed by atoms with Crippen molar-refractivity contribution in [1.29, 1.82) is 0 Å². The van der Waals surface area contributed by atoms with Crippen LogP contribution >= 0.6 is 11.3 Å². The first-order valence-corrected chi connectivity index (χ1v) is 7.43. The smallest absolute Gasteiger partial charge is 0.0797 e. The molecule has 2 rings (SSSR count). The summed E-state index contributed by atoms with van der Waals surface area (Å²) < 4.78 is 2.34. The molecule has 0 aliphatic carbocycles. The van der Waals surface area contributed by atoms with Gasteiger partial charge in [-0.15, -0.1) is 11.3 Å². The molecule has 0 spiro atoms. The Morgan fingerprint density at radius 2 is 2.33 bits per heavy atom. The van der Waals surface area contributed by atoms with Crippen molar-refractivity contribution in [2.24, 2.45) is 0 Å². The Morgan fingerprint density at radius 3 is 3.06 bits per heavy atom. The molecular weight excluding hydrogens is 242 g/mol. The van der Waals surface area contributed by atoms with Crippen LogP contribution < -0.4 is 5.32 Å². The van der Waals surface area contributed by atoms with Crippen LogP contribution in [0.15, 0.2) is 23.8 Å². The lowest BCUT2D eigenvalue weighted by molar-refractivity contribution is 0.606. The van der Waals surface area contributed by atoms with E-state index in [1.54, 1.807) is 11.3 Å². The lowest BCUT2D eigenvalue weighted by Gasteiger charge is -2.09. The molecule has 0 aliphatic heterocycles. The molecule has 0 radical (unpaired) electrons. The minimum absolute atomic E-state index is 0.961. The predicted molar refractivity (Wildman–Crippen MR) is 77.0 cm³/mol. The maximum absolute atomic E-state index is 4.30. The largest absolute Gasteiger partial charge is 0.350 e. The Labute approximate surface area is 113 Å². The van der Waals surface area contributed by atoms with Gasteiger partial charge >= 0.3 is 0 Å². The van der Waals surface area contributed by atoms with Gasteiger partial charge in [0.25, 0.3) is 0 Å². The second kappa shape index (κ2) is 6.71. The van der Waals surface area contributed by atoms with E-state index >= 15 is 0 Å². The zero-order valence-corrected chi connectivity index (χ0v) is 12.0. The van der Waals surface area contributed by atoms with Crippen molar-refractivity contribution in [2.75, 3.05) is 6.54 Å². The van der Waals surface area contributed by atoms with Crippen molar-refractivity contribution in [3.63, 3.8) is 0 Å². The van der Waals surface area contributed by atoms with Gasteiger partial charge in [0.2, 0.25) is 0 Å². The number of aryl methyl sites for hydroxylation is 3. The molecule has 0 aliphatic rings. The SMILES string of the molecule is CCCNCc1cccn1CCc1scnc1C. The van der Waals surface area contributed by atoms with E-state index < -0.39 is 0 Å². The molecule has 0 saturated heterocycles. The summed E-state index contributed by atoms with van der Waals surface area (Å²) in [6, 6.07) is 4.32. The molecule has 0 fully saturated rings. The fourth-order valence-electron chi connectivity index (χ4n) is 2.01. The number of nitrogens with zero attached hydrogens (tertiary/aromatic N) is 2. The number of aromatic nitrogens is 2. The van der Waals surface area contributed by atoms with Crippen LogP contribution in [0.25, 0.3) is 0 Å². The second-order valence-electron chi connectivity index (χ2n) is 4.48. The molecule has 2 heterocycles. The van der Waals surface area contributed by atoms with E-state index in [-0.39, 0.29) is 0 Å². The standard InChI is InChI=1S/C14H21N3S/c1-3-7-15-10-13-5-4-8-17(13)9-6-14-12(2)16-11-18-14/h4-5,8,11,15H,3,6-7,9-10H2,1-2H3. The van der Waals surface area contributed by atoms with Crippen LogP contribution in [0.5, 0.6) is 0 Å². The summed E-state index contributed by atoms with van der Waals surface area (Å²) in [5.74, 6) is 0. The van der Waals surface area contributed by atoms with Crippen molar-refractivity contribution >= 4 is 11.3 Å². The first-order chi connectivity index (χ1) is 8.81. The van der Waals surface area contributed by atoms with E-state index in [4.69, 9.17) is 0 Å². The molecule has 1 N–H and O–H groups in total. The molecule has 2 aromatic heterocycles. The topological polar surface area (TPSA) is 29.9 Å². The fraction of sp³-hybridized carbons (Fsp3) is 0.500. The van der Waals surface area contributed by atoms with Gasteiger partial charge in [-0.05, 0) is 32.0 Å². The van der Waals surface area contributed by atoms with Crippen LogP contribution in [0.2, 0.25) is 0 Å². The summed E-state index contributed by atoms with van der Waals surface area (Å²) in [6.45, 7) is 7.37. The van der Waals surface area contributed by atoms with Gasteiger partial charge in [-0.25, -0.2) is 4.98 Å². The van der Waals surface area contributed by atoms with Gasteiger partial charge in [0, 0.05) is 36.3 Å². The summed E-state index contributed by atoms with van der Waals surface area (Å²) >= 11 is 1.76. The lowest BCUT2D eigenvalue weighted by Crippen LogP contribution is -2.17. The van der Waals surface area contributed by atoms with Crippen LogP contribution in [0.3, 0.4) is 0 Å². The highest BCUT2D eigenvalue weighted by atomic mass is 32.1. The summed E-state index contributed by atoms with van der Waals surface area (Å²) in [5.41, 5.74) is 4.48. The minimum atomic E-state index is 0.961. The van der Waals surface area contributed by atoms with Gasteiger partial charge in [0.1, 0.15) is 0 Å². The number of hydrogen-bond donors (Lipinski definition) is 1. The van der Waals surface area contributed by atoms with Crippen LogP contribution in [0, 0.1) is 6.92 Å². The Balaban J connectivity index is 1.89. The molecule has 98 valence electrons. The van der Waals surface area contributed by atoms with Crippen LogP contribution in [0.4, 0.5) is 0 Å². The third kappa shape index (κ3) is 3.43. The monoisotopic (exact) mass is 263 g/mol. The molecule has 0 aromatic carbocycles. The van der Waals surface area contributed by atoms with E-state index in [1.165, 1.54) is 22.7 Å². The highest BCUT2D eigenvalue weighted by Crippen LogP contribution is 2.14. The first kappa shape index (κ1) is 13.3. The normalized spacial score (nSPS) is 11.0. The van der Waals surface area contributed by atoms with Crippen LogP contribution in [-0.4, -0.2) is 16.1 Å². The van der Waals surface area contributed by atoms with Crippen molar-refractivity contribution in [3.8, 4) is 0 Å². The Morgan fingerprint density at radius 1 is 1.44 bits per heavy atom. The summed E-state index contributed by atoms with van der Waals surface area (Å²) in [7, 11) is 0. The van der Waals surface area contributed by atoms with E-state index in [1.807, 2.05) is 5.51 Å². The van der Waals surface area contributed by atoms with Crippen molar-refractivity contribution < 1.29 is 0 Å². The quantitative estimate of drug-likeness (QED) is 0.778. The van der Waals surface area contributed by atoms with Crippen LogP contribution in [0.1, 0.15) is 29.6 Å². The highest BCUT2D eigenvalue weighted by Gasteiger charge is 2.04. The molecule has 0 atom stereocenters. The molecule has 2 aromatic rings. The van der Waals surface area contributed by atoms with E-state index in [2.05, 4.69) is 47.0 Å². The minimum Gasteiger partial charge on any atom is -0.350 e. The Bertz CT molecular complexity index is 473.